The first-order chi connectivity index (χ1) is 9.81. The van der Waals surface area contributed by atoms with E-state index in [4.69, 9.17) is 0 Å². The van der Waals surface area contributed by atoms with E-state index in [1.165, 1.54) is 0 Å². The topological polar surface area (TPSA) is 51.2 Å². The Labute approximate surface area is 133 Å². The molecule has 5 heteroatoms. The predicted molar refractivity (Wildman–Crippen MR) is 86.4 cm³/mol. The third-order valence-electron chi connectivity index (χ3n) is 3.16. The van der Waals surface area contributed by atoms with Crippen LogP contribution in [0.5, 0.6) is 0 Å². The molecule has 0 aliphatic rings. The monoisotopic (exact) mass is 366 g/mol. The fourth-order valence-electron chi connectivity index (χ4n) is 2.16. The van der Waals surface area contributed by atoms with Gasteiger partial charge >= 0.3 is 0 Å². The summed E-state index contributed by atoms with van der Waals surface area (Å²) in [6, 6.07) is 11.9. The second kappa shape index (κ2) is 6.12. The van der Waals surface area contributed by atoms with E-state index in [1.807, 2.05) is 6.92 Å². The van der Waals surface area contributed by atoms with Gasteiger partial charge in [-0.05, 0) is 31.5 Å². The Kier molecular flexibility index (Phi) is 4.64. The summed E-state index contributed by atoms with van der Waals surface area (Å²) in [4.78, 5) is 12.4. The summed E-state index contributed by atoms with van der Waals surface area (Å²) in [5.74, 6) is -0.943. The average Bonchev–Trinajstić information content (AvgIpc) is 2.37. The van der Waals surface area contributed by atoms with Crippen molar-refractivity contribution in [3.8, 4) is 0 Å². The minimum absolute atomic E-state index is 0.216. The summed E-state index contributed by atoms with van der Waals surface area (Å²) in [6.07, 6.45) is 0. The number of hydrogen-bond acceptors (Lipinski definition) is 3. The van der Waals surface area contributed by atoms with Crippen LogP contribution in [0.25, 0.3) is 0 Å². The number of aryl methyl sites for hydroxylation is 2. The van der Waals surface area contributed by atoms with E-state index in [2.05, 4.69) is 15.9 Å². The molecule has 21 heavy (non-hydrogen) atoms. The summed E-state index contributed by atoms with van der Waals surface area (Å²) < 4.78 is 25.4. The maximum absolute atomic E-state index is 12.4. The van der Waals surface area contributed by atoms with Gasteiger partial charge < -0.3 is 0 Å². The summed E-state index contributed by atoms with van der Waals surface area (Å²) in [5.41, 5.74) is 2.03. The van der Waals surface area contributed by atoms with Gasteiger partial charge in [0.1, 0.15) is 5.75 Å². The van der Waals surface area contributed by atoms with E-state index in [-0.39, 0.29) is 4.90 Å². The van der Waals surface area contributed by atoms with Gasteiger partial charge in [0.25, 0.3) is 0 Å². The number of sulfone groups is 1. The second-order valence-corrected chi connectivity index (χ2v) is 7.74. The summed E-state index contributed by atoms with van der Waals surface area (Å²) in [5, 5.41) is 0. The third kappa shape index (κ3) is 3.60. The van der Waals surface area contributed by atoms with Gasteiger partial charge in [0.15, 0.2) is 15.6 Å². The lowest BCUT2D eigenvalue weighted by Crippen LogP contribution is -2.17. The van der Waals surface area contributed by atoms with Crippen molar-refractivity contribution in [2.75, 3.05) is 5.75 Å². The van der Waals surface area contributed by atoms with Crippen molar-refractivity contribution in [2.45, 2.75) is 18.7 Å². The quantitative estimate of drug-likeness (QED) is 0.774. The van der Waals surface area contributed by atoms with Crippen LogP contribution in [0.1, 0.15) is 21.5 Å². The SMILES string of the molecule is Cc1ccc(S(=O)(=O)CC(=O)c2ccccc2Br)c(C)c1. The fourth-order valence-corrected chi connectivity index (χ4v) is 4.15. The van der Waals surface area contributed by atoms with Gasteiger partial charge in [-0.1, -0.05) is 51.8 Å². The Hall–Kier alpha value is -1.46. The number of rotatable bonds is 4. The molecule has 0 aromatic heterocycles. The normalized spacial score (nSPS) is 11.4. The second-order valence-electron chi connectivity index (χ2n) is 4.93. The molecule has 0 saturated heterocycles. The Balaban J connectivity index is 2.34. The maximum atomic E-state index is 12.4. The predicted octanol–water partition coefficient (Wildman–Crippen LogP) is 3.72. The van der Waals surface area contributed by atoms with Crippen LogP contribution in [0, 0.1) is 13.8 Å². The van der Waals surface area contributed by atoms with Gasteiger partial charge in [-0.2, -0.15) is 0 Å². The molecule has 3 nitrogen and oxygen atoms in total. The maximum Gasteiger partial charge on any atom is 0.186 e. The highest BCUT2D eigenvalue weighted by atomic mass is 79.9. The van der Waals surface area contributed by atoms with E-state index < -0.39 is 21.4 Å². The molecule has 2 aromatic carbocycles. The number of carbonyl (C=O) groups excluding carboxylic acids is 1. The molecule has 0 saturated carbocycles. The van der Waals surface area contributed by atoms with Crippen molar-refractivity contribution in [1.29, 1.82) is 0 Å². The largest absolute Gasteiger partial charge is 0.293 e. The van der Waals surface area contributed by atoms with E-state index in [9.17, 15) is 13.2 Å². The highest BCUT2D eigenvalue weighted by Crippen LogP contribution is 2.21. The molecule has 0 fully saturated rings. The minimum atomic E-state index is -3.64. The first kappa shape index (κ1) is 15.9. The number of halogens is 1. The summed E-state index contributed by atoms with van der Waals surface area (Å²) >= 11 is 3.27. The molecule has 0 radical (unpaired) electrons. The minimum Gasteiger partial charge on any atom is -0.293 e. The standard InChI is InChI=1S/C16H15BrO3S/c1-11-7-8-16(12(2)9-11)21(19,20)10-15(18)13-5-3-4-6-14(13)17/h3-9H,10H2,1-2H3. The summed E-state index contributed by atoms with van der Waals surface area (Å²) in [6.45, 7) is 3.64. The smallest absolute Gasteiger partial charge is 0.186 e. The van der Waals surface area contributed by atoms with Crippen molar-refractivity contribution < 1.29 is 13.2 Å². The molecule has 0 heterocycles. The average molecular weight is 367 g/mol. The Morgan fingerprint density at radius 3 is 2.38 bits per heavy atom. The Bertz CT molecular complexity index is 795. The molecular formula is C16H15BrO3S. The Morgan fingerprint density at radius 1 is 1.10 bits per heavy atom. The highest BCUT2D eigenvalue weighted by molar-refractivity contribution is 9.10. The number of hydrogen-bond donors (Lipinski definition) is 0. The zero-order chi connectivity index (χ0) is 15.6. The van der Waals surface area contributed by atoms with E-state index in [1.54, 1.807) is 49.4 Å². The lowest BCUT2D eigenvalue weighted by Gasteiger charge is -2.09. The van der Waals surface area contributed by atoms with Crippen LogP contribution in [0.4, 0.5) is 0 Å². The zero-order valence-corrected chi connectivity index (χ0v) is 14.2. The number of ketones is 1. The van der Waals surface area contributed by atoms with Gasteiger partial charge in [-0.15, -0.1) is 0 Å². The van der Waals surface area contributed by atoms with Crippen molar-refractivity contribution in [3.05, 3.63) is 63.6 Å². The molecule has 0 unspecified atom stereocenters. The fraction of sp³-hybridized carbons (Fsp3) is 0.188. The van der Waals surface area contributed by atoms with E-state index in [0.29, 0.717) is 15.6 Å². The number of benzene rings is 2. The third-order valence-corrected chi connectivity index (χ3v) is 5.62. The first-order valence-electron chi connectivity index (χ1n) is 6.39. The molecule has 0 aliphatic heterocycles. The van der Waals surface area contributed by atoms with Crippen LogP contribution in [0.2, 0.25) is 0 Å². The van der Waals surface area contributed by atoms with E-state index >= 15 is 0 Å². The number of carbonyl (C=O) groups is 1. The molecule has 110 valence electrons. The lowest BCUT2D eigenvalue weighted by atomic mass is 10.1. The molecule has 0 aliphatic carbocycles. The molecule has 0 amide bonds. The van der Waals surface area contributed by atoms with Gasteiger partial charge in [-0.3, -0.25) is 4.79 Å². The van der Waals surface area contributed by atoms with E-state index in [0.717, 1.165) is 5.56 Å². The number of Topliss-reactive ketones (excluding diaryl/α,β-unsaturated/α-hetero) is 1. The molecule has 0 atom stereocenters. The van der Waals surface area contributed by atoms with Crippen LogP contribution >= 0.6 is 15.9 Å². The van der Waals surface area contributed by atoms with Crippen molar-refractivity contribution in [3.63, 3.8) is 0 Å². The summed E-state index contributed by atoms with van der Waals surface area (Å²) in [7, 11) is -3.64. The van der Waals surface area contributed by atoms with Gasteiger partial charge in [-0.25, -0.2) is 8.42 Å². The van der Waals surface area contributed by atoms with Gasteiger partial charge in [0.05, 0.1) is 4.90 Å². The zero-order valence-electron chi connectivity index (χ0n) is 11.8. The van der Waals surface area contributed by atoms with Crippen molar-refractivity contribution >= 4 is 31.6 Å². The van der Waals surface area contributed by atoms with Crippen LogP contribution in [-0.2, 0) is 9.84 Å². The van der Waals surface area contributed by atoms with Crippen LogP contribution < -0.4 is 0 Å². The molecular weight excluding hydrogens is 352 g/mol. The van der Waals surface area contributed by atoms with Crippen molar-refractivity contribution in [1.82, 2.24) is 0 Å². The van der Waals surface area contributed by atoms with Crippen LogP contribution in [0.3, 0.4) is 0 Å². The molecule has 2 rings (SSSR count). The molecule has 0 spiro atoms. The molecule has 2 aromatic rings. The van der Waals surface area contributed by atoms with Crippen LogP contribution in [-0.4, -0.2) is 20.0 Å². The van der Waals surface area contributed by atoms with Crippen molar-refractivity contribution in [2.24, 2.45) is 0 Å². The lowest BCUT2D eigenvalue weighted by molar-refractivity contribution is 0.102. The first-order valence-corrected chi connectivity index (χ1v) is 8.83. The molecule has 0 bridgehead atoms. The Morgan fingerprint density at radius 2 is 1.76 bits per heavy atom. The van der Waals surface area contributed by atoms with Crippen LogP contribution in [0.15, 0.2) is 51.8 Å². The van der Waals surface area contributed by atoms with Gasteiger partial charge in [0.2, 0.25) is 0 Å². The van der Waals surface area contributed by atoms with Gasteiger partial charge in [0, 0.05) is 10.0 Å². The highest BCUT2D eigenvalue weighted by Gasteiger charge is 2.23. The molecule has 0 N–H and O–H groups in total.